The molecule has 0 radical (unpaired) electrons. The Morgan fingerprint density at radius 2 is 2.35 bits per heavy atom. The monoisotopic (exact) mass is 336 g/mol. The van der Waals surface area contributed by atoms with Crippen LogP contribution in [0.1, 0.15) is 18.4 Å². The van der Waals surface area contributed by atoms with E-state index in [0.29, 0.717) is 6.04 Å². The van der Waals surface area contributed by atoms with Gasteiger partial charge in [0.2, 0.25) is 0 Å². The predicted molar refractivity (Wildman–Crippen MR) is 83.9 cm³/mol. The molecular weight excluding hydrogens is 316 g/mol. The van der Waals surface area contributed by atoms with E-state index < -0.39 is 0 Å². The number of hydrogen-bond donors (Lipinski definition) is 1. The van der Waals surface area contributed by atoms with Gasteiger partial charge in [-0.1, -0.05) is 0 Å². The summed E-state index contributed by atoms with van der Waals surface area (Å²) in [6, 6.07) is 2.69. The third-order valence-corrected chi connectivity index (χ3v) is 5.09. The van der Waals surface area contributed by atoms with Crippen molar-refractivity contribution in [2.24, 2.45) is 5.73 Å². The van der Waals surface area contributed by atoms with Gasteiger partial charge in [0.15, 0.2) is 0 Å². The fourth-order valence-electron chi connectivity index (χ4n) is 1.83. The molecule has 0 saturated heterocycles. The zero-order chi connectivity index (χ0) is 12.7. The van der Waals surface area contributed by atoms with Crippen molar-refractivity contribution in [3.63, 3.8) is 0 Å². The highest BCUT2D eigenvalue weighted by atomic mass is 79.9. The predicted octanol–water partition coefficient (Wildman–Crippen LogP) is 3.41. The van der Waals surface area contributed by atoms with E-state index in [1.807, 2.05) is 11.8 Å². The molecule has 1 unspecified atom stereocenters. The van der Waals surface area contributed by atoms with Crippen LogP contribution in [0, 0.1) is 0 Å². The summed E-state index contributed by atoms with van der Waals surface area (Å²) >= 11 is 7.15. The van der Waals surface area contributed by atoms with E-state index in [4.69, 9.17) is 5.73 Å². The molecule has 0 aliphatic heterocycles. The van der Waals surface area contributed by atoms with Crippen molar-refractivity contribution in [1.29, 1.82) is 0 Å². The average molecular weight is 337 g/mol. The number of rotatable bonds is 8. The van der Waals surface area contributed by atoms with E-state index in [1.165, 1.54) is 27.9 Å². The van der Waals surface area contributed by atoms with Gasteiger partial charge >= 0.3 is 0 Å². The summed E-state index contributed by atoms with van der Waals surface area (Å²) in [5.41, 5.74) is 7.23. The molecule has 5 heteroatoms. The fraction of sp³-hybridized carbons (Fsp3) is 0.667. The standard InChI is InChI=1S/C12H21BrN2S2/c1-15(8-10-6-12(13)17-9-10)11(7-14)4-3-5-16-2/h6,9,11H,3-5,7-8,14H2,1-2H3. The summed E-state index contributed by atoms with van der Waals surface area (Å²) in [6.07, 6.45) is 4.60. The first-order valence-electron chi connectivity index (χ1n) is 5.79. The van der Waals surface area contributed by atoms with Crippen molar-refractivity contribution in [1.82, 2.24) is 4.90 Å². The molecule has 0 aromatic carbocycles. The molecule has 0 aliphatic rings. The molecule has 0 aliphatic carbocycles. The van der Waals surface area contributed by atoms with Gasteiger partial charge in [-0.3, -0.25) is 4.90 Å². The van der Waals surface area contributed by atoms with Gasteiger partial charge in [0.25, 0.3) is 0 Å². The number of nitrogens with two attached hydrogens (primary N) is 1. The number of thioether (sulfide) groups is 1. The molecule has 2 N–H and O–H groups in total. The first-order chi connectivity index (χ1) is 8.17. The van der Waals surface area contributed by atoms with Crippen molar-refractivity contribution in [2.45, 2.75) is 25.4 Å². The molecule has 0 spiro atoms. The topological polar surface area (TPSA) is 29.3 Å². The quantitative estimate of drug-likeness (QED) is 0.737. The molecule has 98 valence electrons. The Hall–Kier alpha value is 0.450. The second-order valence-electron chi connectivity index (χ2n) is 4.20. The second-order valence-corrected chi connectivity index (χ2v) is 7.47. The van der Waals surface area contributed by atoms with E-state index in [9.17, 15) is 0 Å². The summed E-state index contributed by atoms with van der Waals surface area (Å²) in [4.78, 5) is 2.37. The first-order valence-corrected chi connectivity index (χ1v) is 8.86. The SMILES string of the molecule is CSCCCC(CN)N(C)Cc1csc(Br)c1. The summed E-state index contributed by atoms with van der Waals surface area (Å²) in [6.45, 7) is 1.74. The van der Waals surface area contributed by atoms with Crippen LogP contribution >= 0.6 is 39.0 Å². The van der Waals surface area contributed by atoms with Gasteiger partial charge in [0, 0.05) is 19.1 Å². The Bertz CT molecular complexity index is 317. The molecule has 1 aromatic heterocycles. The molecular formula is C12H21BrN2S2. The number of thiophene rings is 1. The first kappa shape index (κ1) is 15.5. The number of hydrogen-bond acceptors (Lipinski definition) is 4. The number of likely N-dealkylation sites (N-methyl/N-ethyl adjacent to an activating group) is 1. The van der Waals surface area contributed by atoms with Crippen molar-refractivity contribution >= 4 is 39.0 Å². The highest BCUT2D eigenvalue weighted by Crippen LogP contribution is 2.22. The Morgan fingerprint density at radius 1 is 1.59 bits per heavy atom. The van der Waals surface area contributed by atoms with E-state index in [0.717, 1.165) is 13.1 Å². The van der Waals surface area contributed by atoms with Gasteiger partial charge in [0.1, 0.15) is 0 Å². The zero-order valence-electron chi connectivity index (χ0n) is 10.5. The van der Waals surface area contributed by atoms with E-state index in [1.54, 1.807) is 11.3 Å². The number of nitrogens with zero attached hydrogens (tertiary/aromatic N) is 1. The van der Waals surface area contributed by atoms with Gasteiger partial charge in [-0.05, 0) is 64.8 Å². The third-order valence-electron chi connectivity index (χ3n) is 2.83. The number of halogens is 1. The lowest BCUT2D eigenvalue weighted by atomic mass is 10.1. The van der Waals surface area contributed by atoms with E-state index in [-0.39, 0.29) is 0 Å². The van der Waals surface area contributed by atoms with Gasteiger partial charge in [0.05, 0.1) is 3.79 Å². The van der Waals surface area contributed by atoms with Crippen molar-refractivity contribution < 1.29 is 0 Å². The van der Waals surface area contributed by atoms with E-state index >= 15 is 0 Å². The maximum atomic E-state index is 5.86. The average Bonchev–Trinajstić information content (AvgIpc) is 2.70. The molecule has 0 fully saturated rings. The molecule has 0 bridgehead atoms. The van der Waals surface area contributed by atoms with E-state index in [2.05, 4.69) is 45.6 Å². The smallest absolute Gasteiger partial charge is 0.0701 e. The largest absolute Gasteiger partial charge is 0.329 e. The van der Waals surface area contributed by atoms with Crippen LogP contribution in [-0.4, -0.2) is 36.5 Å². The van der Waals surface area contributed by atoms with Crippen LogP contribution in [0.15, 0.2) is 15.2 Å². The Balaban J connectivity index is 2.40. The molecule has 0 amide bonds. The maximum Gasteiger partial charge on any atom is 0.0701 e. The van der Waals surface area contributed by atoms with Gasteiger partial charge in [-0.25, -0.2) is 0 Å². The third kappa shape index (κ3) is 5.75. The van der Waals surface area contributed by atoms with Gasteiger partial charge in [-0.2, -0.15) is 11.8 Å². The lowest BCUT2D eigenvalue weighted by Crippen LogP contribution is -2.37. The molecule has 2 nitrogen and oxygen atoms in total. The molecule has 0 saturated carbocycles. The minimum atomic E-state index is 0.501. The molecule has 1 heterocycles. The lowest BCUT2D eigenvalue weighted by Gasteiger charge is -2.26. The fourth-order valence-corrected chi connectivity index (χ4v) is 3.48. The molecule has 1 atom stereocenters. The summed E-state index contributed by atoms with van der Waals surface area (Å²) in [5.74, 6) is 1.23. The van der Waals surface area contributed by atoms with Gasteiger partial charge < -0.3 is 5.73 Å². The Kier molecular flexibility index (Phi) is 7.78. The molecule has 1 rings (SSSR count). The van der Waals surface area contributed by atoms with Crippen LogP contribution in [0.3, 0.4) is 0 Å². The Morgan fingerprint density at radius 3 is 2.88 bits per heavy atom. The van der Waals surface area contributed by atoms with Crippen LogP contribution < -0.4 is 5.73 Å². The highest BCUT2D eigenvalue weighted by molar-refractivity contribution is 9.11. The van der Waals surface area contributed by atoms with Crippen LogP contribution in [0.5, 0.6) is 0 Å². The summed E-state index contributed by atoms with van der Waals surface area (Å²) in [7, 11) is 2.17. The maximum absolute atomic E-state index is 5.86. The minimum absolute atomic E-state index is 0.501. The van der Waals surface area contributed by atoms with Crippen molar-refractivity contribution in [3.05, 3.63) is 20.8 Å². The van der Waals surface area contributed by atoms with Crippen LogP contribution in [0.25, 0.3) is 0 Å². The molecule has 1 aromatic rings. The highest BCUT2D eigenvalue weighted by Gasteiger charge is 2.13. The van der Waals surface area contributed by atoms with Crippen LogP contribution in [0.2, 0.25) is 0 Å². The normalized spacial score (nSPS) is 13.2. The Labute approximate surface area is 121 Å². The van der Waals surface area contributed by atoms with Crippen molar-refractivity contribution in [3.8, 4) is 0 Å². The lowest BCUT2D eigenvalue weighted by molar-refractivity contribution is 0.226. The van der Waals surface area contributed by atoms with Crippen LogP contribution in [0.4, 0.5) is 0 Å². The van der Waals surface area contributed by atoms with Gasteiger partial charge in [-0.15, -0.1) is 11.3 Å². The summed E-state index contributed by atoms with van der Waals surface area (Å²) in [5, 5.41) is 2.20. The van der Waals surface area contributed by atoms with Crippen LogP contribution in [-0.2, 0) is 6.54 Å². The molecule has 17 heavy (non-hydrogen) atoms. The minimum Gasteiger partial charge on any atom is -0.329 e. The van der Waals surface area contributed by atoms with Crippen molar-refractivity contribution in [2.75, 3.05) is 25.6 Å². The second kappa shape index (κ2) is 8.53. The zero-order valence-corrected chi connectivity index (χ0v) is 13.7. The summed E-state index contributed by atoms with van der Waals surface area (Å²) < 4.78 is 1.20.